The van der Waals surface area contributed by atoms with Gasteiger partial charge in [-0.1, -0.05) is 6.92 Å². The highest BCUT2D eigenvalue weighted by atomic mass is 32.1. The van der Waals surface area contributed by atoms with Crippen molar-refractivity contribution in [3.8, 4) is 0 Å². The number of nitrogens with one attached hydrogen (secondary N) is 2. The number of fused-ring (bicyclic) bond motifs is 3. The number of anilines is 1. The molecule has 0 saturated heterocycles. The van der Waals surface area contributed by atoms with E-state index in [4.69, 9.17) is 0 Å². The van der Waals surface area contributed by atoms with Gasteiger partial charge in [-0.25, -0.2) is 4.98 Å². The molecule has 7 heteroatoms. The summed E-state index contributed by atoms with van der Waals surface area (Å²) in [5.74, 6) is 0.402. The molecule has 1 amide bonds. The van der Waals surface area contributed by atoms with E-state index in [0.29, 0.717) is 19.0 Å². The van der Waals surface area contributed by atoms with Gasteiger partial charge in [0.25, 0.3) is 5.56 Å². The molecule has 0 atom stereocenters. The summed E-state index contributed by atoms with van der Waals surface area (Å²) < 4.78 is 1.68. The van der Waals surface area contributed by atoms with Crippen LogP contribution in [0.5, 0.6) is 0 Å². The summed E-state index contributed by atoms with van der Waals surface area (Å²) in [5.41, 5.74) is 1.23. The lowest BCUT2D eigenvalue weighted by molar-refractivity contribution is -0.119. The maximum absolute atomic E-state index is 13.0. The number of likely N-dealkylation sites (N-methyl/N-ethyl adjacent to an activating group) is 1. The molecule has 0 unspecified atom stereocenters. The first kappa shape index (κ1) is 17.0. The van der Waals surface area contributed by atoms with Gasteiger partial charge in [-0.15, -0.1) is 11.3 Å². The van der Waals surface area contributed by atoms with E-state index in [1.54, 1.807) is 15.9 Å². The molecule has 0 fully saturated rings. The first-order valence-electron chi connectivity index (χ1n) is 8.71. The highest BCUT2D eigenvalue weighted by Gasteiger charge is 2.22. The molecule has 0 bridgehead atoms. The molecular weight excluding hydrogens is 324 g/mol. The standard InChI is InChI=1S/C17H24N4O2S/c1-3-9-21-16(23)14-11-7-5-6-8-12(11)24-15(14)20-17(21)19-10-13(22)18-4-2/h3-10H2,1-2H3,(H,18,22)(H,19,20). The molecule has 0 aliphatic heterocycles. The molecule has 2 N–H and O–H groups in total. The maximum atomic E-state index is 13.0. The van der Waals surface area contributed by atoms with Gasteiger partial charge in [-0.3, -0.25) is 14.2 Å². The second-order valence-electron chi connectivity index (χ2n) is 6.09. The third-order valence-electron chi connectivity index (χ3n) is 4.30. The predicted octanol–water partition coefficient (Wildman–Crippen LogP) is 2.29. The fraction of sp³-hybridized carbons (Fsp3) is 0.588. The van der Waals surface area contributed by atoms with Crippen LogP contribution in [0.1, 0.15) is 43.6 Å². The Labute approximate surface area is 145 Å². The molecular formula is C17H24N4O2S. The van der Waals surface area contributed by atoms with Gasteiger partial charge in [-0.2, -0.15) is 0 Å². The van der Waals surface area contributed by atoms with Gasteiger partial charge in [0.05, 0.1) is 11.9 Å². The highest BCUT2D eigenvalue weighted by molar-refractivity contribution is 7.18. The van der Waals surface area contributed by atoms with Crippen molar-refractivity contribution in [3.63, 3.8) is 0 Å². The molecule has 24 heavy (non-hydrogen) atoms. The number of carbonyl (C=O) groups excluding carboxylic acids is 1. The Bertz CT molecular complexity index is 809. The molecule has 3 rings (SSSR count). The van der Waals surface area contributed by atoms with Gasteiger partial charge in [0.2, 0.25) is 11.9 Å². The van der Waals surface area contributed by atoms with Gasteiger partial charge in [0, 0.05) is 18.0 Å². The number of nitrogens with zero attached hydrogens (tertiary/aromatic N) is 2. The average Bonchev–Trinajstić information content (AvgIpc) is 2.94. The lowest BCUT2D eigenvalue weighted by Crippen LogP contribution is -2.32. The number of thiophene rings is 1. The van der Waals surface area contributed by atoms with Crippen molar-refractivity contribution in [2.75, 3.05) is 18.4 Å². The first-order valence-corrected chi connectivity index (χ1v) is 9.53. The number of rotatable bonds is 6. The van der Waals surface area contributed by atoms with E-state index in [1.807, 2.05) is 13.8 Å². The van der Waals surface area contributed by atoms with Crippen LogP contribution < -0.4 is 16.2 Å². The quantitative estimate of drug-likeness (QED) is 0.840. The molecule has 0 spiro atoms. The summed E-state index contributed by atoms with van der Waals surface area (Å²) in [6.07, 6.45) is 5.19. The van der Waals surface area contributed by atoms with Crippen LogP contribution in [0.4, 0.5) is 5.95 Å². The minimum Gasteiger partial charge on any atom is -0.355 e. The van der Waals surface area contributed by atoms with Gasteiger partial charge >= 0.3 is 0 Å². The topological polar surface area (TPSA) is 76.0 Å². The molecule has 0 radical (unpaired) electrons. The Hall–Kier alpha value is -1.89. The Morgan fingerprint density at radius 2 is 2.08 bits per heavy atom. The van der Waals surface area contributed by atoms with Crippen molar-refractivity contribution in [2.24, 2.45) is 0 Å². The molecule has 2 heterocycles. The third kappa shape index (κ3) is 3.17. The molecule has 1 aliphatic rings. The van der Waals surface area contributed by atoms with Gasteiger partial charge in [-0.05, 0) is 44.6 Å². The molecule has 2 aromatic rings. The van der Waals surface area contributed by atoms with E-state index in [2.05, 4.69) is 15.6 Å². The van der Waals surface area contributed by atoms with Crippen molar-refractivity contribution in [2.45, 2.75) is 52.5 Å². The summed E-state index contributed by atoms with van der Waals surface area (Å²) in [5, 5.41) is 6.59. The van der Waals surface area contributed by atoms with Crippen LogP contribution >= 0.6 is 11.3 Å². The fourth-order valence-electron chi connectivity index (χ4n) is 3.22. The second-order valence-corrected chi connectivity index (χ2v) is 7.17. The number of aryl methyl sites for hydroxylation is 2. The van der Waals surface area contributed by atoms with Crippen LogP contribution in [0, 0.1) is 0 Å². The first-order chi connectivity index (χ1) is 11.7. The van der Waals surface area contributed by atoms with Crippen molar-refractivity contribution in [1.29, 1.82) is 0 Å². The van der Waals surface area contributed by atoms with Gasteiger partial charge < -0.3 is 10.6 Å². The Morgan fingerprint density at radius 1 is 1.29 bits per heavy atom. The molecule has 1 aliphatic carbocycles. The predicted molar refractivity (Wildman–Crippen MR) is 98.0 cm³/mol. The third-order valence-corrected chi connectivity index (χ3v) is 5.49. The lowest BCUT2D eigenvalue weighted by Gasteiger charge is -2.14. The van der Waals surface area contributed by atoms with Crippen LogP contribution in [0.2, 0.25) is 0 Å². The van der Waals surface area contributed by atoms with E-state index in [-0.39, 0.29) is 18.0 Å². The van der Waals surface area contributed by atoms with Crippen LogP contribution in [0.3, 0.4) is 0 Å². The number of hydrogen-bond acceptors (Lipinski definition) is 5. The summed E-state index contributed by atoms with van der Waals surface area (Å²) in [7, 11) is 0. The average molecular weight is 348 g/mol. The van der Waals surface area contributed by atoms with Gasteiger partial charge in [0.1, 0.15) is 4.83 Å². The molecule has 0 saturated carbocycles. The molecule has 0 aromatic carbocycles. The van der Waals surface area contributed by atoms with E-state index in [0.717, 1.165) is 35.9 Å². The highest BCUT2D eigenvalue weighted by Crippen LogP contribution is 2.34. The number of hydrogen-bond donors (Lipinski definition) is 2. The fourth-order valence-corrected chi connectivity index (χ4v) is 4.48. The zero-order valence-electron chi connectivity index (χ0n) is 14.3. The molecule has 2 aromatic heterocycles. The van der Waals surface area contributed by atoms with Crippen molar-refractivity contribution >= 4 is 33.4 Å². The number of amides is 1. The Balaban J connectivity index is 2.03. The van der Waals surface area contributed by atoms with E-state index >= 15 is 0 Å². The Kier molecular flexibility index (Phi) is 5.18. The largest absolute Gasteiger partial charge is 0.355 e. The normalized spacial score (nSPS) is 13.8. The van der Waals surface area contributed by atoms with Crippen LogP contribution in [-0.2, 0) is 24.2 Å². The number of aromatic nitrogens is 2. The van der Waals surface area contributed by atoms with E-state index in [9.17, 15) is 9.59 Å². The van der Waals surface area contributed by atoms with Crippen LogP contribution in [0.15, 0.2) is 4.79 Å². The summed E-state index contributed by atoms with van der Waals surface area (Å²) in [4.78, 5) is 31.5. The minimum absolute atomic E-state index is 0.0275. The van der Waals surface area contributed by atoms with E-state index in [1.165, 1.54) is 16.9 Å². The van der Waals surface area contributed by atoms with Gasteiger partial charge in [0.15, 0.2) is 0 Å². The van der Waals surface area contributed by atoms with Crippen molar-refractivity contribution < 1.29 is 4.79 Å². The Morgan fingerprint density at radius 3 is 2.83 bits per heavy atom. The van der Waals surface area contributed by atoms with Crippen molar-refractivity contribution in [3.05, 3.63) is 20.8 Å². The molecule has 6 nitrogen and oxygen atoms in total. The zero-order chi connectivity index (χ0) is 17.1. The van der Waals surface area contributed by atoms with E-state index < -0.39 is 0 Å². The zero-order valence-corrected chi connectivity index (χ0v) is 15.1. The van der Waals surface area contributed by atoms with Crippen LogP contribution in [0.25, 0.3) is 10.2 Å². The second kappa shape index (κ2) is 7.34. The molecule has 130 valence electrons. The summed E-state index contributed by atoms with van der Waals surface area (Å²) in [6, 6.07) is 0. The van der Waals surface area contributed by atoms with Crippen molar-refractivity contribution in [1.82, 2.24) is 14.9 Å². The summed E-state index contributed by atoms with van der Waals surface area (Å²) in [6.45, 7) is 5.23. The summed E-state index contributed by atoms with van der Waals surface area (Å²) >= 11 is 1.63. The smallest absolute Gasteiger partial charge is 0.263 e. The SMILES string of the molecule is CCCn1c(NCC(=O)NCC)nc2sc3c(c2c1=O)CCCC3. The minimum atomic E-state index is -0.0969. The number of carbonyl (C=O) groups is 1. The monoisotopic (exact) mass is 348 g/mol. The van der Waals surface area contributed by atoms with Crippen LogP contribution in [-0.4, -0.2) is 28.5 Å². The lowest BCUT2D eigenvalue weighted by atomic mass is 9.97. The maximum Gasteiger partial charge on any atom is 0.263 e.